The van der Waals surface area contributed by atoms with Crippen molar-refractivity contribution in [1.29, 1.82) is 0 Å². The van der Waals surface area contributed by atoms with Crippen LogP contribution in [0.5, 0.6) is 0 Å². The number of benzene rings is 2. The molecule has 2 bridgehead atoms. The Kier molecular flexibility index (Phi) is 3.26. The van der Waals surface area contributed by atoms with Gasteiger partial charge in [-0.05, 0) is 66.1 Å². The van der Waals surface area contributed by atoms with E-state index in [1.54, 1.807) is 0 Å². The Morgan fingerprint density at radius 2 is 1.86 bits per heavy atom. The zero-order valence-electron chi connectivity index (χ0n) is 11.8. The number of halogens is 1. The number of carbonyl (C=O) groups is 1. The van der Waals surface area contributed by atoms with Crippen molar-refractivity contribution in [3.05, 3.63) is 46.4 Å². The minimum absolute atomic E-state index is 0.0809. The van der Waals surface area contributed by atoms with E-state index in [0.29, 0.717) is 6.04 Å². The van der Waals surface area contributed by atoms with Gasteiger partial charge >= 0.3 is 0 Å². The van der Waals surface area contributed by atoms with Crippen LogP contribution in [0.25, 0.3) is 10.8 Å². The zero-order valence-corrected chi connectivity index (χ0v) is 13.4. The van der Waals surface area contributed by atoms with Crippen molar-refractivity contribution in [3.63, 3.8) is 0 Å². The van der Waals surface area contributed by atoms with E-state index in [1.165, 1.54) is 25.7 Å². The summed E-state index contributed by atoms with van der Waals surface area (Å²) in [5.41, 5.74) is 0.771. The molecule has 2 fully saturated rings. The van der Waals surface area contributed by atoms with Crippen LogP contribution in [-0.2, 0) is 0 Å². The molecular weight excluding hydrogens is 326 g/mol. The topological polar surface area (TPSA) is 29.1 Å². The molecule has 1 amide bonds. The van der Waals surface area contributed by atoms with Crippen LogP contribution in [-0.4, -0.2) is 11.9 Å². The van der Waals surface area contributed by atoms with Crippen molar-refractivity contribution in [2.24, 2.45) is 11.8 Å². The molecule has 1 N–H and O–H groups in total. The molecule has 2 nitrogen and oxygen atoms in total. The summed E-state index contributed by atoms with van der Waals surface area (Å²) in [7, 11) is 0. The quantitative estimate of drug-likeness (QED) is 0.853. The lowest BCUT2D eigenvalue weighted by molar-refractivity contribution is 0.0923. The van der Waals surface area contributed by atoms with Crippen LogP contribution in [0.4, 0.5) is 0 Å². The number of rotatable bonds is 2. The second-order valence-corrected chi connectivity index (χ2v) is 7.38. The van der Waals surface area contributed by atoms with E-state index in [0.717, 1.165) is 32.6 Å². The average molecular weight is 344 g/mol. The fourth-order valence-electron chi connectivity index (χ4n) is 4.03. The van der Waals surface area contributed by atoms with Crippen molar-refractivity contribution >= 4 is 32.6 Å². The molecule has 0 spiro atoms. The van der Waals surface area contributed by atoms with Crippen molar-refractivity contribution in [2.45, 2.75) is 31.7 Å². The van der Waals surface area contributed by atoms with Gasteiger partial charge in [0.2, 0.25) is 0 Å². The lowest BCUT2D eigenvalue weighted by Crippen LogP contribution is -2.38. The van der Waals surface area contributed by atoms with Gasteiger partial charge in [0.15, 0.2) is 0 Å². The molecule has 0 aliphatic heterocycles. The van der Waals surface area contributed by atoms with Gasteiger partial charge in [-0.25, -0.2) is 0 Å². The number of fused-ring (bicyclic) bond motifs is 3. The molecule has 3 atom stereocenters. The first-order valence-electron chi connectivity index (χ1n) is 7.69. The van der Waals surface area contributed by atoms with Gasteiger partial charge in [0, 0.05) is 16.1 Å². The number of nitrogens with one attached hydrogen (secondary N) is 1. The second kappa shape index (κ2) is 5.13. The molecule has 0 heterocycles. The lowest BCUT2D eigenvalue weighted by atomic mass is 9.95. The highest BCUT2D eigenvalue weighted by Gasteiger charge is 2.40. The molecule has 108 valence electrons. The van der Waals surface area contributed by atoms with E-state index in [4.69, 9.17) is 0 Å². The molecule has 2 aromatic rings. The summed E-state index contributed by atoms with van der Waals surface area (Å²) in [5.74, 6) is 1.65. The molecule has 21 heavy (non-hydrogen) atoms. The summed E-state index contributed by atoms with van der Waals surface area (Å²) < 4.78 is 1.06. The standard InChI is InChI=1S/C18H18BrNO/c19-16-6-5-12-9-15(4-3-13(12)10-16)18(21)20-17-8-11-1-2-14(17)7-11/h3-6,9-11,14,17H,1-2,7-8H2,(H,20,21). The molecule has 3 unspecified atom stereocenters. The van der Waals surface area contributed by atoms with E-state index < -0.39 is 0 Å². The van der Waals surface area contributed by atoms with E-state index in [9.17, 15) is 4.79 Å². The fourth-order valence-corrected chi connectivity index (χ4v) is 4.41. The Morgan fingerprint density at radius 3 is 2.62 bits per heavy atom. The van der Waals surface area contributed by atoms with Gasteiger partial charge in [-0.3, -0.25) is 4.79 Å². The van der Waals surface area contributed by atoms with Gasteiger partial charge in [0.25, 0.3) is 5.91 Å². The zero-order chi connectivity index (χ0) is 14.4. The number of hydrogen-bond donors (Lipinski definition) is 1. The Labute approximate surface area is 133 Å². The molecule has 2 saturated carbocycles. The SMILES string of the molecule is O=C(NC1CC2CCC1C2)c1ccc2cc(Br)ccc2c1. The molecule has 0 saturated heterocycles. The molecule has 2 aliphatic carbocycles. The third-order valence-corrected chi connectivity index (χ3v) is 5.61. The highest BCUT2D eigenvalue weighted by atomic mass is 79.9. The highest BCUT2D eigenvalue weighted by Crippen LogP contribution is 2.44. The summed E-state index contributed by atoms with van der Waals surface area (Å²) in [6, 6.07) is 12.5. The molecule has 2 aliphatic rings. The molecule has 3 heteroatoms. The maximum atomic E-state index is 12.5. The molecule has 4 rings (SSSR count). The van der Waals surface area contributed by atoms with Gasteiger partial charge in [-0.2, -0.15) is 0 Å². The van der Waals surface area contributed by atoms with Crippen molar-refractivity contribution in [2.75, 3.05) is 0 Å². The second-order valence-electron chi connectivity index (χ2n) is 6.46. The molecule has 2 aromatic carbocycles. The number of amides is 1. The Balaban J connectivity index is 1.55. The van der Waals surface area contributed by atoms with Crippen LogP contribution < -0.4 is 5.32 Å². The normalized spacial score (nSPS) is 27.2. The van der Waals surface area contributed by atoms with E-state index in [2.05, 4.69) is 27.3 Å². The minimum Gasteiger partial charge on any atom is -0.349 e. The monoisotopic (exact) mass is 343 g/mol. The third-order valence-electron chi connectivity index (χ3n) is 5.12. The van der Waals surface area contributed by atoms with Crippen LogP contribution in [0.1, 0.15) is 36.0 Å². The maximum absolute atomic E-state index is 12.5. The summed E-state index contributed by atoms with van der Waals surface area (Å²) >= 11 is 3.48. The van der Waals surface area contributed by atoms with E-state index >= 15 is 0 Å². The number of hydrogen-bond acceptors (Lipinski definition) is 1. The van der Waals surface area contributed by atoms with Gasteiger partial charge in [-0.15, -0.1) is 0 Å². The van der Waals surface area contributed by atoms with Crippen molar-refractivity contribution in [1.82, 2.24) is 5.32 Å². The summed E-state index contributed by atoms with van der Waals surface area (Å²) in [6.07, 6.45) is 5.15. The smallest absolute Gasteiger partial charge is 0.251 e. The third kappa shape index (κ3) is 2.48. The van der Waals surface area contributed by atoms with Crippen LogP contribution in [0.15, 0.2) is 40.9 Å². The molecule has 0 aromatic heterocycles. The van der Waals surface area contributed by atoms with Crippen LogP contribution in [0, 0.1) is 11.8 Å². The maximum Gasteiger partial charge on any atom is 0.251 e. The van der Waals surface area contributed by atoms with Gasteiger partial charge in [0.1, 0.15) is 0 Å². The fraction of sp³-hybridized carbons (Fsp3) is 0.389. The van der Waals surface area contributed by atoms with Crippen molar-refractivity contribution in [3.8, 4) is 0 Å². The average Bonchev–Trinajstić information content (AvgIpc) is 3.09. The first kappa shape index (κ1) is 13.3. The molecular formula is C18H18BrNO. The number of carbonyl (C=O) groups excluding carboxylic acids is 1. The largest absolute Gasteiger partial charge is 0.349 e. The Hall–Kier alpha value is -1.35. The van der Waals surface area contributed by atoms with Crippen LogP contribution in [0.2, 0.25) is 0 Å². The van der Waals surface area contributed by atoms with Gasteiger partial charge in [0.05, 0.1) is 0 Å². The summed E-state index contributed by atoms with van der Waals surface area (Å²) in [5, 5.41) is 5.52. The predicted molar refractivity (Wildman–Crippen MR) is 88.4 cm³/mol. The Bertz CT molecular complexity index is 711. The van der Waals surface area contributed by atoms with Crippen molar-refractivity contribution < 1.29 is 4.79 Å². The van der Waals surface area contributed by atoms with Crippen LogP contribution >= 0.6 is 15.9 Å². The highest BCUT2D eigenvalue weighted by molar-refractivity contribution is 9.10. The first-order valence-corrected chi connectivity index (χ1v) is 8.48. The summed E-state index contributed by atoms with van der Waals surface area (Å²) in [6.45, 7) is 0. The lowest BCUT2D eigenvalue weighted by Gasteiger charge is -2.23. The van der Waals surface area contributed by atoms with Gasteiger partial charge in [-0.1, -0.05) is 34.5 Å². The van der Waals surface area contributed by atoms with E-state index in [1.807, 2.05) is 30.3 Å². The van der Waals surface area contributed by atoms with Crippen LogP contribution in [0.3, 0.4) is 0 Å². The van der Waals surface area contributed by atoms with E-state index in [-0.39, 0.29) is 5.91 Å². The first-order chi connectivity index (χ1) is 10.2. The van der Waals surface area contributed by atoms with Gasteiger partial charge < -0.3 is 5.32 Å². The minimum atomic E-state index is 0.0809. The summed E-state index contributed by atoms with van der Waals surface area (Å²) in [4.78, 5) is 12.5. The Morgan fingerprint density at radius 1 is 1.05 bits per heavy atom. The predicted octanol–water partition coefficient (Wildman–Crippen LogP) is 4.52. The molecule has 0 radical (unpaired) electrons.